The lowest BCUT2D eigenvalue weighted by atomic mass is 10.0. The molecule has 3 rings (SSSR count). The van der Waals surface area contributed by atoms with Gasteiger partial charge in [-0.05, 0) is 79.4 Å². The Morgan fingerprint density at radius 3 is 2.00 bits per heavy atom. The summed E-state index contributed by atoms with van der Waals surface area (Å²) in [6.07, 6.45) is 1.80. The standard InChI is InChI=1S/C15H14N2OS2.C8H16O2/c1-10(2)17-15(18)14(12-4-6-20-9-12)13(7-16-17)11-3-5-19-8-11;1-6(2)7(9)10-8(3,4)5/h3-10H,1-2H3;6H,1-5H3. The van der Waals surface area contributed by atoms with E-state index in [0.717, 1.165) is 22.3 Å². The summed E-state index contributed by atoms with van der Waals surface area (Å²) in [5.74, 6) is -0.160. The number of carbonyl (C=O) groups excluding carboxylic acids is 1. The summed E-state index contributed by atoms with van der Waals surface area (Å²) in [6, 6.07) is 4.06. The number of hydrogen-bond donors (Lipinski definition) is 0. The Hall–Kier alpha value is -2.25. The predicted octanol–water partition coefficient (Wildman–Crippen LogP) is 6.27. The number of esters is 1. The molecular weight excluding hydrogens is 416 g/mol. The average molecular weight is 447 g/mol. The molecule has 0 aliphatic carbocycles. The Balaban J connectivity index is 0.000000274. The molecule has 0 saturated carbocycles. The van der Waals surface area contributed by atoms with Gasteiger partial charge in [0.1, 0.15) is 5.60 Å². The highest BCUT2D eigenvalue weighted by molar-refractivity contribution is 7.08. The van der Waals surface area contributed by atoms with Crippen LogP contribution >= 0.6 is 22.7 Å². The van der Waals surface area contributed by atoms with E-state index >= 15 is 0 Å². The molecule has 0 aliphatic rings. The first-order chi connectivity index (χ1) is 14.0. The second-order valence-corrected chi connectivity index (χ2v) is 10.0. The molecule has 162 valence electrons. The van der Waals surface area contributed by atoms with Crippen LogP contribution in [0.25, 0.3) is 22.3 Å². The molecule has 0 N–H and O–H groups in total. The fourth-order valence-electron chi connectivity index (χ4n) is 2.58. The van der Waals surface area contributed by atoms with Crippen LogP contribution in [-0.4, -0.2) is 21.4 Å². The highest BCUT2D eigenvalue weighted by Crippen LogP contribution is 2.31. The quantitative estimate of drug-likeness (QED) is 0.443. The molecule has 0 aliphatic heterocycles. The van der Waals surface area contributed by atoms with Gasteiger partial charge in [0.2, 0.25) is 0 Å². The van der Waals surface area contributed by atoms with Crippen LogP contribution in [-0.2, 0) is 9.53 Å². The van der Waals surface area contributed by atoms with Gasteiger partial charge in [-0.1, -0.05) is 13.8 Å². The van der Waals surface area contributed by atoms with Gasteiger partial charge in [-0.25, -0.2) is 4.68 Å². The maximum absolute atomic E-state index is 12.7. The van der Waals surface area contributed by atoms with Crippen molar-refractivity contribution < 1.29 is 9.53 Å². The SMILES string of the molecule is CC(C)C(=O)OC(C)(C)C.CC(C)n1ncc(-c2ccsc2)c(-c2ccsc2)c1=O. The third kappa shape index (κ3) is 6.37. The Morgan fingerprint density at radius 1 is 1.03 bits per heavy atom. The third-order valence-electron chi connectivity index (χ3n) is 4.01. The van der Waals surface area contributed by atoms with E-state index in [-0.39, 0.29) is 29.1 Å². The van der Waals surface area contributed by atoms with Gasteiger partial charge in [0, 0.05) is 5.56 Å². The summed E-state index contributed by atoms with van der Waals surface area (Å²) >= 11 is 3.22. The topological polar surface area (TPSA) is 61.2 Å². The summed E-state index contributed by atoms with van der Waals surface area (Å²) in [5, 5.41) is 12.4. The molecule has 0 bridgehead atoms. The number of nitrogens with zero attached hydrogens (tertiary/aromatic N) is 2. The van der Waals surface area contributed by atoms with Gasteiger partial charge in [0.15, 0.2) is 0 Å². The second-order valence-electron chi connectivity index (χ2n) is 8.49. The van der Waals surface area contributed by atoms with Crippen LogP contribution in [0.15, 0.2) is 44.6 Å². The first-order valence-corrected chi connectivity index (χ1v) is 11.8. The molecule has 0 spiro atoms. The van der Waals surface area contributed by atoms with Crippen LogP contribution < -0.4 is 5.56 Å². The molecule has 30 heavy (non-hydrogen) atoms. The van der Waals surface area contributed by atoms with Crippen LogP contribution in [0, 0.1) is 5.92 Å². The van der Waals surface area contributed by atoms with Gasteiger partial charge in [-0.2, -0.15) is 27.8 Å². The molecular formula is C23H30N2O3S2. The summed E-state index contributed by atoms with van der Waals surface area (Å²) in [4.78, 5) is 23.7. The van der Waals surface area contributed by atoms with Gasteiger partial charge >= 0.3 is 5.97 Å². The van der Waals surface area contributed by atoms with Crippen LogP contribution in [0.3, 0.4) is 0 Å². The molecule has 0 saturated heterocycles. The number of aromatic nitrogens is 2. The van der Waals surface area contributed by atoms with Gasteiger partial charge in [0.25, 0.3) is 5.56 Å². The van der Waals surface area contributed by atoms with Crippen molar-refractivity contribution in [2.24, 2.45) is 5.92 Å². The minimum atomic E-state index is -0.346. The Morgan fingerprint density at radius 2 is 1.60 bits per heavy atom. The Labute approximate surface area is 186 Å². The van der Waals surface area contributed by atoms with E-state index in [4.69, 9.17) is 4.74 Å². The van der Waals surface area contributed by atoms with Crippen molar-refractivity contribution in [3.63, 3.8) is 0 Å². The van der Waals surface area contributed by atoms with E-state index in [1.165, 1.54) is 0 Å². The zero-order chi connectivity index (χ0) is 22.5. The number of rotatable bonds is 4. The maximum atomic E-state index is 12.7. The lowest BCUT2D eigenvalue weighted by Gasteiger charge is -2.20. The Kier molecular flexibility index (Phi) is 8.15. The van der Waals surface area contributed by atoms with Crippen LogP contribution in [0.5, 0.6) is 0 Å². The lowest BCUT2D eigenvalue weighted by molar-refractivity contribution is -0.158. The summed E-state index contributed by atoms with van der Waals surface area (Å²) in [7, 11) is 0. The highest BCUT2D eigenvalue weighted by atomic mass is 32.1. The molecule has 5 nitrogen and oxygen atoms in total. The average Bonchev–Trinajstić information content (AvgIpc) is 3.34. The van der Waals surface area contributed by atoms with E-state index in [0.29, 0.717) is 0 Å². The fraction of sp³-hybridized carbons (Fsp3) is 0.435. The van der Waals surface area contributed by atoms with E-state index in [1.807, 2.05) is 82.1 Å². The lowest BCUT2D eigenvalue weighted by Crippen LogP contribution is -2.26. The minimum Gasteiger partial charge on any atom is -0.460 e. The maximum Gasteiger partial charge on any atom is 0.308 e. The van der Waals surface area contributed by atoms with Gasteiger partial charge < -0.3 is 4.74 Å². The van der Waals surface area contributed by atoms with Crippen molar-refractivity contribution in [3.05, 3.63) is 50.2 Å². The molecule has 3 aromatic heterocycles. The molecule has 7 heteroatoms. The van der Waals surface area contributed by atoms with E-state index in [2.05, 4.69) is 5.10 Å². The summed E-state index contributed by atoms with van der Waals surface area (Å²) < 4.78 is 6.60. The summed E-state index contributed by atoms with van der Waals surface area (Å²) in [5.41, 5.74) is 3.30. The van der Waals surface area contributed by atoms with E-state index in [1.54, 1.807) is 33.6 Å². The van der Waals surface area contributed by atoms with Crippen molar-refractivity contribution in [1.29, 1.82) is 0 Å². The van der Waals surface area contributed by atoms with Crippen molar-refractivity contribution in [2.75, 3.05) is 0 Å². The number of hydrogen-bond acceptors (Lipinski definition) is 6. The van der Waals surface area contributed by atoms with E-state index < -0.39 is 0 Å². The first kappa shape index (κ1) is 24.0. The number of carbonyl (C=O) groups is 1. The zero-order valence-electron chi connectivity index (χ0n) is 18.6. The normalized spacial score (nSPS) is 11.4. The van der Waals surface area contributed by atoms with Crippen molar-refractivity contribution in [1.82, 2.24) is 9.78 Å². The number of ether oxygens (including phenoxy) is 1. The smallest absolute Gasteiger partial charge is 0.308 e. The first-order valence-electron chi connectivity index (χ1n) is 9.91. The Bertz CT molecular complexity index is 996. The third-order valence-corrected chi connectivity index (χ3v) is 5.38. The molecule has 3 aromatic rings. The minimum absolute atomic E-state index is 0.0258. The fourth-order valence-corrected chi connectivity index (χ4v) is 3.88. The summed E-state index contributed by atoms with van der Waals surface area (Å²) in [6.45, 7) is 13.2. The van der Waals surface area contributed by atoms with E-state index in [9.17, 15) is 9.59 Å². The molecule has 0 unspecified atom stereocenters. The van der Waals surface area contributed by atoms with Gasteiger partial charge in [-0.3, -0.25) is 9.59 Å². The molecule has 0 aromatic carbocycles. The highest BCUT2D eigenvalue weighted by Gasteiger charge is 2.18. The molecule has 0 atom stereocenters. The van der Waals surface area contributed by atoms with Crippen LogP contribution in [0.4, 0.5) is 0 Å². The molecule has 0 fully saturated rings. The van der Waals surface area contributed by atoms with Crippen molar-refractivity contribution >= 4 is 28.6 Å². The van der Waals surface area contributed by atoms with Gasteiger partial charge in [-0.15, -0.1) is 0 Å². The van der Waals surface area contributed by atoms with Crippen molar-refractivity contribution in [2.45, 2.75) is 60.1 Å². The van der Waals surface area contributed by atoms with Crippen LogP contribution in [0.2, 0.25) is 0 Å². The van der Waals surface area contributed by atoms with Gasteiger partial charge in [0.05, 0.1) is 23.7 Å². The zero-order valence-corrected chi connectivity index (χ0v) is 20.3. The monoisotopic (exact) mass is 446 g/mol. The van der Waals surface area contributed by atoms with Crippen LogP contribution in [0.1, 0.15) is 54.5 Å². The largest absolute Gasteiger partial charge is 0.460 e. The molecule has 0 amide bonds. The molecule has 3 heterocycles. The van der Waals surface area contributed by atoms with Crippen molar-refractivity contribution in [3.8, 4) is 22.3 Å². The second kappa shape index (κ2) is 10.2. The number of thiophene rings is 2. The predicted molar refractivity (Wildman–Crippen MR) is 126 cm³/mol. The molecule has 0 radical (unpaired) electrons.